The first kappa shape index (κ1) is 5.79. The molecule has 0 saturated carbocycles. The van der Waals surface area contributed by atoms with Crippen LogP contribution in [0.1, 0.15) is 66.5 Å². The summed E-state index contributed by atoms with van der Waals surface area (Å²) in [7, 11) is 0. The molecule has 3 amide bonds. The zero-order valence-corrected chi connectivity index (χ0v) is 12.9. The fraction of sp³-hybridized carbons (Fsp3) is 0.526. The molecule has 3 atom stereocenters. The van der Waals surface area contributed by atoms with E-state index in [2.05, 4.69) is 0 Å². The predicted molar refractivity (Wildman–Crippen MR) is 97.1 cm³/mol. The number of amides is 3. The van der Waals surface area contributed by atoms with Crippen LogP contribution in [0.2, 0.25) is 0 Å². The van der Waals surface area contributed by atoms with Gasteiger partial charge in [-0.3, -0.25) is 14.4 Å². The smallest absolute Gasteiger partial charge is 0.249 e. The number of carbonyl (C=O) groups excluding carboxylic acids is 3. The van der Waals surface area contributed by atoms with Gasteiger partial charge in [0.2, 0.25) is 17.7 Å². The Morgan fingerprint density at radius 2 is 2.15 bits per heavy atom. The Kier molecular flexibility index (Phi) is 1.85. The molecule has 0 radical (unpaired) electrons. The second-order valence-corrected chi connectivity index (χ2v) is 4.86. The van der Waals surface area contributed by atoms with E-state index in [0.717, 1.165) is 5.32 Å². The Bertz CT molecular complexity index is 1450. The van der Waals surface area contributed by atoms with Crippen LogP contribution in [-0.2, 0) is 20.8 Å². The van der Waals surface area contributed by atoms with E-state index in [1.54, 1.807) is 5.32 Å². The maximum Gasteiger partial charge on any atom is 0.249 e. The molecule has 26 heavy (non-hydrogen) atoms. The van der Waals surface area contributed by atoms with Crippen molar-refractivity contribution in [2.45, 2.75) is 45.1 Å². The highest BCUT2D eigenvalue weighted by Gasteiger charge is 2.32. The van der Waals surface area contributed by atoms with E-state index in [1.165, 1.54) is 0 Å². The zero-order valence-electron chi connectivity index (χ0n) is 33.9. The maximum atomic E-state index is 13.6. The van der Waals surface area contributed by atoms with Gasteiger partial charge < -0.3 is 20.6 Å². The molecule has 7 nitrogen and oxygen atoms in total. The monoisotopic (exact) mass is 382 g/mol. The first-order valence-corrected chi connectivity index (χ1v) is 6.83. The lowest BCUT2D eigenvalue weighted by Crippen LogP contribution is -2.51. The van der Waals surface area contributed by atoms with Crippen LogP contribution >= 0.6 is 0 Å². The molecule has 0 aromatic heterocycles. The van der Waals surface area contributed by atoms with E-state index in [1.807, 2.05) is 0 Å². The molecule has 1 aromatic carbocycles. The van der Waals surface area contributed by atoms with Gasteiger partial charge in [-0.15, -0.1) is 0 Å². The van der Waals surface area contributed by atoms with Gasteiger partial charge in [0.05, 0.1) is 8.22 Å². The number of hydrogen-bond acceptors (Lipinski definition) is 4. The van der Waals surface area contributed by atoms with Crippen molar-refractivity contribution in [3.8, 4) is 0 Å². The number of nitrogens with one attached hydrogen (secondary N) is 2. The molecule has 0 saturated heterocycles. The first-order valence-electron chi connectivity index (χ1n) is 17.3. The summed E-state index contributed by atoms with van der Waals surface area (Å²) < 4.78 is 164. The van der Waals surface area contributed by atoms with Crippen molar-refractivity contribution in [2.75, 3.05) is 13.5 Å². The van der Waals surface area contributed by atoms with Gasteiger partial charge in [-0.2, -0.15) is 0 Å². The molecule has 0 spiro atoms. The Morgan fingerprint density at radius 3 is 2.85 bits per heavy atom. The highest BCUT2D eigenvalue weighted by molar-refractivity contribution is 5.93. The molecule has 0 aliphatic carbocycles. The number of hydrogen-bond donors (Lipinski definition) is 3. The normalized spacial score (nSPS) is 37.9. The van der Waals surface area contributed by atoms with Gasteiger partial charge in [0, 0.05) is 34.0 Å². The van der Waals surface area contributed by atoms with Gasteiger partial charge in [0.1, 0.15) is 18.1 Å². The summed E-state index contributed by atoms with van der Waals surface area (Å²) in [4.78, 5) is 39.8. The summed E-state index contributed by atoms with van der Waals surface area (Å²) in [5, 5.41) is 13.1. The number of rotatable bonds is 5. The second-order valence-electron chi connectivity index (χ2n) is 4.86. The molecular weight excluding hydrogens is 334 g/mol. The summed E-state index contributed by atoms with van der Waals surface area (Å²) in [5.74, 6) is -11.4. The van der Waals surface area contributed by atoms with Gasteiger partial charge >= 0.3 is 0 Å². The van der Waals surface area contributed by atoms with Gasteiger partial charge in [0.15, 0.2) is 0 Å². The van der Waals surface area contributed by atoms with Crippen molar-refractivity contribution in [3.05, 3.63) is 35.3 Å². The minimum absolute atomic E-state index is 0.416. The van der Waals surface area contributed by atoms with Crippen LogP contribution < -0.4 is 10.6 Å². The van der Waals surface area contributed by atoms with Crippen molar-refractivity contribution < 1.29 is 48.3 Å². The number of nitrogens with zero attached hydrogens (tertiary/aromatic N) is 1. The SMILES string of the molecule is [2H]c1c([2H])c([2H])c2c(c1[2H])CC([2H])([2H])N(C([2H])([2H])[2H])C(=O)[C@H]2NC(=O)[C@@]([2H])(NC(=O)[C@@]([2H])(O)C([2H])(C([2H])([2H])[2H])C([2H])([2H])[2H])C([2H])([2H])[2H]. The number of benzene rings is 1. The number of carbonyl (C=O) groups is 3. The Labute approximate surface area is 183 Å². The van der Waals surface area contributed by atoms with E-state index >= 15 is 0 Å². The van der Waals surface area contributed by atoms with Crippen LogP contribution in [0.25, 0.3) is 0 Å². The second kappa shape index (κ2) is 8.31. The van der Waals surface area contributed by atoms with Gasteiger partial charge in [-0.05, 0) is 30.3 Å². The molecule has 1 heterocycles. The van der Waals surface area contributed by atoms with E-state index in [0.29, 0.717) is 0 Å². The minimum atomic E-state index is -4.65. The molecule has 1 aromatic rings. The van der Waals surface area contributed by atoms with Crippen molar-refractivity contribution >= 4 is 17.7 Å². The zero-order chi connectivity index (χ0) is 37.5. The highest BCUT2D eigenvalue weighted by atomic mass is 16.3. The molecule has 0 unspecified atom stereocenters. The number of likely N-dealkylation sites (N-methyl/N-ethyl adjacent to an activating group) is 1. The first-order chi connectivity index (χ1) is 20.5. The Hall–Kier alpha value is -2.41. The molecule has 2 rings (SSSR count). The summed E-state index contributed by atoms with van der Waals surface area (Å²) in [6.07, 6.45) is -5.86. The summed E-state index contributed by atoms with van der Waals surface area (Å²) in [5.41, 5.74) is -1.72. The van der Waals surface area contributed by atoms with Gasteiger partial charge in [0.25, 0.3) is 0 Å². The average Bonchev–Trinajstić information content (AvgIpc) is 2.94. The standard InChI is InChI=1S/C19H27N3O4/c1-11(2)16(23)18(25)20-12(3)17(24)21-15-14-8-6-5-7-13(14)9-10-22(4)19(15)26/h5-8,11-12,15-16,23H,9-10H2,1-4H3,(H,20,25)(H,21,24)/t12-,15-,16-/m0/s1/i1D3,2D3,3D3,4D3,5D,6D,7D,8D,10D2,11D,12D,16D. The lowest BCUT2D eigenvalue weighted by molar-refractivity contribution is -0.137. The molecular formula is C19H27N3O4. The van der Waals surface area contributed by atoms with Crippen molar-refractivity contribution in [2.24, 2.45) is 5.89 Å². The molecule has 3 N–H and O–H groups in total. The molecule has 7 heteroatoms. The lowest BCUT2D eigenvalue weighted by atomic mass is 9.99. The lowest BCUT2D eigenvalue weighted by Gasteiger charge is -2.24. The van der Waals surface area contributed by atoms with Crippen molar-refractivity contribution in [3.63, 3.8) is 0 Å². The van der Waals surface area contributed by atoms with E-state index in [-0.39, 0.29) is 0 Å². The van der Waals surface area contributed by atoms with Gasteiger partial charge in [-0.25, -0.2) is 0 Å². The minimum Gasteiger partial charge on any atom is -0.383 e. The van der Waals surface area contributed by atoms with Crippen LogP contribution in [0, 0.1) is 5.89 Å². The van der Waals surface area contributed by atoms with E-state index < -0.39 is 122 Å². The van der Waals surface area contributed by atoms with Crippen molar-refractivity contribution in [1.82, 2.24) is 15.5 Å². The van der Waals surface area contributed by atoms with Crippen LogP contribution in [0.5, 0.6) is 0 Å². The third-order valence-corrected chi connectivity index (χ3v) is 3.16. The Morgan fingerprint density at radius 1 is 1.38 bits per heavy atom. The number of aliphatic hydroxyl groups is 1. The fourth-order valence-electron chi connectivity index (χ4n) is 1.90. The largest absolute Gasteiger partial charge is 0.383 e. The molecule has 0 bridgehead atoms. The van der Waals surface area contributed by atoms with Crippen molar-refractivity contribution in [1.29, 1.82) is 0 Å². The summed E-state index contributed by atoms with van der Waals surface area (Å²) in [6.45, 7) is -19.4. The molecule has 1 aliphatic rings. The molecule has 142 valence electrons. The fourth-order valence-corrected chi connectivity index (χ4v) is 1.90. The third kappa shape index (κ3) is 4.40. The average molecular weight is 383 g/mol. The molecule has 1 aliphatic heterocycles. The maximum absolute atomic E-state index is 13.6. The predicted octanol–water partition coefficient (Wildman–Crippen LogP) is 0.380. The number of fused-ring (bicyclic) bond motifs is 1. The summed E-state index contributed by atoms with van der Waals surface area (Å²) in [6, 6.07) is -11.1. The third-order valence-electron chi connectivity index (χ3n) is 3.16. The van der Waals surface area contributed by atoms with E-state index in [9.17, 15) is 19.5 Å². The molecule has 0 fully saturated rings. The quantitative estimate of drug-likeness (QED) is 0.686. The van der Waals surface area contributed by atoms with E-state index in [4.69, 9.17) is 28.8 Å². The summed E-state index contributed by atoms with van der Waals surface area (Å²) >= 11 is 0. The Balaban J connectivity index is 2.85. The van der Waals surface area contributed by atoms with Crippen LogP contribution in [0.4, 0.5) is 0 Å². The topological polar surface area (TPSA) is 98.7 Å². The highest BCUT2D eigenvalue weighted by Crippen LogP contribution is 2.24. The van der Waals surface area contributed by atoms with Gasteiger partial charge in [-0.1, -0.05) is 37.9 Å². The van der Waals surface area contributed by atoms with Crippen LogP contribution in [-0.4, -0.2) is 53.3 Å². The van der Waals surface area contributed by atoms with Crippen LogP contribution in [0.3, 0.4) is 0 Å². The van der Waals surface area contributed by atoms with Crippen LogP contribution in [0.15, 0.2) is 24.2 Å².